The molecule has 0 spiro atoms. The fourth-order valence-electron chi connectivity index (χ4n) is 2.60. The number of ether oxygens (including phenoxy) is 1. The van der Waals surface area contributed by atoms with E-state index in [4.69, 9.17) is 4.74 Å². The molecule has 0 aliphatic heterocycles. The molecule has 1 aliphatic rings. The number of rotatable bonds is 4. The summed E-state index contributed by atoms with van der Waals surface area (Å²) in [6.07, 6.45) is -2.03. The van der Waals surface area contributed by atoms with Gasteiger partial charge >= 0.3 is 12.1 Å². The first-order chi connectivity index (χ1) is 7.76. The van der Waals surface area contributed by atoms with Crippen LogP contribution in [0.1, 0.15) is 52.4 Å². The summed E-state index contributed by atoms with van der Waals surface area (Å²) in [4.78, 5) is 11.0. The van der Waals surface area contributed by atoms with Crippen LogP contribution in [0.4, 0.5) is 13.2 Å². The van der Waals surface area contributed by atoms with E-state index < -0.39 is 18.2 Å². The maximum Gasteiger partial charge on any atom is 0.389 e. The molecule has 0 aromatic rings. The van der Waals surface area contributed by atoms with Crippen LogP contribution in [0.2, 0.25) is 0 Å². The zero-order valence-electron chi connectivity index (χ0n) is 10.3. The van der Waals surface area contributed by atoms with E-state index in [-0.39, 0.29) is 18.3 Å². The van der Waals surface area contributed by atoms with Crippen LogP contribution in [0.3, 0.4) is 0 Å². The lowest BCUT2D eigenvalue weighted by molar-refractivity contribution is -0.157. The summed E-state index contributed by atoms with van der Waals surface area (Å²) >= 11 is 0. The van der Waals surface area contributed by atoms with Gasteiger partial charge in [0.1, 0.15) is 5.60 Å². The molecule has 2 nitrogen and oxygen atoms in total. The lowest BCUT2D eigenvalue weighted by Gasteiger charge is -2.27. The first-order valence-corrected chi connectivity index (χ1v) is 6.03. The Labute approximate surface area is 99.5 Å². The highest BCUT2D eigenvalue weighted by atomic mass is 19.4. The predicted molar refractivity (Wildman–Crippen MR) is 57.4 cm³/mol. The van der Waals surface area contributed by atoms with E-state index in [1.165, 1.54) is 6.92 Å². The van der Waals surface area contributed by atoms with Crippen molar-refractivity contribution in [3.63, 3.8) is 0 Å². The van der Waals surface area contributed by atoms with E-state index in [9.17, 15) is 18.0 Å². The molecular formula is C12H19F3O2. The van der Waals surface area contributed by atoms with Gasteiger partial charge in [0.15, 0.2) is 0 Å². The van der Waals surface area contributed by atoms with Gasteiger partial charge in [-0.3, -0.25) is 4.79 Å². The Morgan fingerprint density at radius 1 is 1.47 bits per heavy atom. The van der Waals surface area contributed by atoms with Gasteiger partial charge in [-0.15, -0.1) is 0 Å². The number of alkyl halides is 3. The Bertz CT molecular complexity index is 275. The van der Waals surface area contributed by atoms with Gasteiger partial charge in [0.05, 0.1) is 0 Å². The van der Waals surface area contributed by atoms with E-state index in [1.54, 1.807) is 0 Å². The Morgan fingerprint density at radius 3 is 2.59 bits per heavy atom. The van der Waals surface area contributed by atoms with Crippen LogP contribution in [0, 0.1) is 5.92 Å². The molecule has 0 aromatic carbocycles. The molecular weight excluding hydrogens is 233 g/mol. The molecule has 1 fully saturated rings. The second-order valence-electron chi connectivity index (χ2n) is 4.89. The fourth-order valence-corrected chi connectivity index (χ4v) is 2.60. The first kappa shape index (κ1) is 14.3. The number of carbonyl (C=O) groups excluding carboxylic acids is 1. The summed E-state index contributed by atoms with van der Waals surface area (Å²) in [5.41, 5.74) is -0.512. The quantitative estimate of drug-likeness (QED) is 0.710. The van der Waals surface area contributed by atoms with Crippen molar-refractivity contribution in [1.82, 2.24) is 0 Å². The minimum Gasteiger partial charge on any atom is -0.459 e. The number of esters is 1. The van der Waals surface area contributed by atoms with Gasteiger partial charge in [0.25, 0.3) is 0 Å². The summed E-state index contributed by atoms with van der Waals surface area (Å²) in [6, 6.07) is 0. The normalized spacial score (nSPS) is 29.4. The van der Waals surface area contributed by atoms with Gasteiger partial charge in [0.2, 0.25) is 0 Å². The van der Waals surface area contributed by atoms with Gasteiger partial charge in [-0.25, -0.2) is 0 Å². The second-order valence-corrected chi connectivity index (χ2v) is 4.89. The molecule has 0 bridgehead atoms. The Kier molecular flexibility index (Phi) is 4.44. The van der Waals surface area contributed by atoms with Gasteiger partial charge in [-0.05, 0) is 38.0 Å². The third-order valence-corrected chi connectivity index (χ3v) is 3.51. The van der Waals surface area contributed by atoms with Crippen LogP contribution in [0.5, 0.6) is 0 Å². The number of hydrogen-bond acceptors (Lipinski definition) is 2. The van der Waals surface area contributed by atoms with Crippen LogP contribution in [-0.2, 0) is 9.53 Å². The third-order valence-electron chi connectivity index (χ3n) is 3.51. The topological polar surface area (TPSA) is 26.3 Å². The molecule has 2 atom stereocenters. The minimum atomic E-state index is -4.08. The van der Waals surface area contributed by atoms with Gasteiger partial charge < -0.3 is 4.74 Å². The molecule has 17 heavy (non-hydrogen) atoms. The highest BCUT2D eigenvalue weighted by molar-refractivity contribution is 5.66. The average Bonchev–Trinajstić information content (AvgIpc) is 2.57. The fraction of sp³-hybridized carbons (Fsp3) is 0.917. The van der Waals surface area contributed by atoms with Crippen molar-refractivity contribution in [2.24, 2.45) is 5.92 Å². The second kappa shape index (κ2) is 5.27. The molecule has 1 aliphatic carbocycles. The van der Waals surface area contributed by atoms with Crippen LogP contribution in [0.15, 0.2) is 0 Å². The van der Waals surface area contributed by atoms with Crippen LogP contribution < -0.4 is 0 Å². The molecule has 5 heteroatoms. The van der Waals surface area contributed by atoms with Crippen molar-refractivity contribution in [3.05, 3.63) is 0 Å². The molecule has 0 saturated heterocycles. The molecule has 0 radical (unpaired) electrons. The lowest BCUT2D eigenvalue weighted by Crippen LogP contribution is -2.30. The summed E-state index contributed by atoms with van der Waals surface area (Å²) in [7, 11) is 0. The van der Waals surface area contributed by atoms with Crippen molar-refractivity contribution in [2.75, 3.05) is 0 Å². The number of hydrogen-bond donors (Lipinski definition) is 0. The minimum absolute atomic E-state index is 0.0240. The van der Waals surface area contributed by atoms with Crippen molar-refractivity contribution < 1.29 is 22.7 Å². The highest BCUT2D eigenvalue weighted by Gasteiger charge is 2.41. The SMILES string of the molecule is CCC1(OC(C)=O)CCC(CCC(F)(F)F)C1. The predicted octanol–water partition coefficient (Wildman–Crippen LogP) is 3.84. The van der Waals surface area contributed by atoms with E-state index in [1.807, 2.05) is 6.92 Å². The summed E-state index contributed by atoms with van der Waals surface area (Å²) < 4.78 is 41.6. The first-order valence-electron chi connectivity index (χ1n) is 6.03. The molecule has 1 saturated carbocycles. The van der Waals surface area contributed by atoms with Crippen molar-refractivity contribution in [2.45, 2.75) is 64.1 Å². The van der Waals surface area contributed by atoms with E-state index in [2.05, 4.69) is 0 Å². The van der Waals surface area contributed by atoms with Crippen LogP contribution in [-0.4, -0.2) is 17.7 Å². The van der Waals surface area contributed by atoms with Crippen LogP contribution in [0.25, 0.3) is 0 Å². The number of halogens is 3. The third kappa shape index (κ3) is 4.56. The Balaban J connectivity index is 2.47. The summed E-state index contributed by atoms with van der Waals surface area (Å²) in [6.45, 7) is 3.26. The van der Waals surface area contributed by atoms with Gasteiger partial charge in [0, 0.05) is 13.3 Å². The largest absolute Gasteiger partial charge is 0.459 e. The molecule has 0 aromatic heterocycles. The van der Waals surface area contributed by atoms with Gasteiger partial charge in [-0.2, -0.15) is 13.2 Å². The monoisotopic (exact) mass is 252 g/mol. The molecule has 0 heterocycles. The van der Waals surface area contributed by atoms with Crippen molar-refractivity contribution in [3.8, 4) is 0 Å². The van der Waals surface area contributed by atoms with Crippen molar-refractivity contribution >= 4 is 5.97 Å². The Hall–Kier alpha value is -0.740. The maximum absolute atomic E-state index is 12.1. The molecule has 100 valence electrons. The maximum atomic E-state index is 12.1. The highest BCUT2D eigenvalue weighted by Crippen LogP contribution is 2.43. The summed E-state index contributed by atoms with van der Waals surface area (Å²) in [5.74, 6) is -0.320. The Morgan fingerprint density at radius 2 is 2.12 bits per heavy atom. The summed E-state index contributed by atoms with van der Waals surface area (Å²) in [5, 5.41) is 0. The molecule has 0 N–H and O–H groups in total. The molecule has 0 amide bonds. The molecule has 2 unspecified atom stereocenters. The van der Waals surface area contributed by atoms with Crippen LogP contribution >= 0.6 is 0 Å². The zero-order chi connectivity index (χ0) is 13.1. The van der Waals surface area contributed by atoms with E-state index in [0.717, 1.165) is 6.42 Å². The lowest BCUT2D eigenvalue weighted by atomic mass is 9.95. The standard InChI is InChI=1S/C12H19F3O2/c1-3-11(17-9(2)16)6-4-10(8-11)5-7-12(13,14)15/h10H,3-8H2,1-2H3. The molecule has 1 rings (SSSR count). The number of carbonyl (C=O) groups is 1. The van der Waals surface area contributed by atoms with Gasteiger partial charge in [-0.1, -0.05) is 6.92 Å². The smallest absolute Gasteiger partial charge is 0.389 e. The van der Waals surface area contributed by atoms with Crippen molar-refractivity contribution in [1.29, 1.82) is 0 Å². The van der Waals surface area contributed by atoms with E-state index in [0.29, 0.717) is 19.3 Å². The average molecular weight is 252 g/mol. The van der Waals surface area contributed by atoms with E-state index >= 15 is 0 Å². The zero-order valence-corrected chi connectivity index (χ0v) is 10.3.